The summed E-state index contributed by atoms with van der Waals surface area (Å²) in [5.74, 6) is -1.82. The van der Waals surface area contributed by atoms with E-state index in [1.165, 1.54) is 38.2 Å². The molecule has 14 atom stereocenters. The second-order valence-electron chi connectivity index (χ2n) is 34.5. The van der Waals surface area contributed by atoms with Crippen LogP contribution in [0.3, 0.4) is 0 Å². The van der Waals surface area contributed by atoms with Crippen LogP contribution in [-0.2, 0) is 145 Å². The number of rotatable bonds is 22. The van der Waals surface area contributed by atoms with Crippen LogP contribution in [0.25, 0.3) is 0 Å². The summed E-state index contributed by atoms with van der Waals surface area (Å²) >= 11 is 13.3. The quantitative estimate of drug-likeness (QED) is 0.00624. The van der Waals surface area contributed by atoms with Gasteiger partial charge in [0.1, 0.15) is 63.3 Å². The fraction of sp³-hybridized carbons (Fsp3) is 0.654. The van der Waals surface area contributed by atoms with Gasteiger partial charge in [0, 0.05) is 114 Å². The van der Waals surface area contributed by atoms with Crippen molar-refractivity contribution in [2.45, 2.75) is 264 Å². The minimum atomic E-state index is -5.84. The maximum Gasteiger partial charge on any atom is 0.522 e. The van der Waals surface area contributed by atoms with Gasteiger partial charge in [-0.1, -0.05) is 124 Å². The summed E-state index contributed by atoms with van der Waals surface area (Å²) in [5.41, 5.74) is -17.9. The van der Waals surface area contributed by atoms with Gasteiger partial charge in [-0.15, -0.1) is 0 Å². The second kappa shape index (κ2) is 51.8. The van der Waals surface area contributed by atoms with Gasteiger partial charge in [-0.3, -0.25) is 53.1 Å². The van der Waals surface area contributed by atoms with Crippen LogP contribution in [-0.4, -0.2) is 269 Å². The molecule has 4 amide bonds. The number of ether oxygens (including phenoxy) is 12. The van der Waals surface area contributed by atoms with E-state index in [0.717, 1.165) is 34.4 Å². The first-order valence-corrected chi connectivity index (χ1v) is 53.4. The van der Waals surface area contributed by atoms with E-state index in [2.05, 4.69) is 54.7 Å². The predicted molar refractivity (Wildman–Crippen MR) is 469 cm³/mol. The first-order valence-electron chi connectivity index (χ1n) is 41.0. The van der Waals surface area contributed by atoms with Gasteiger partial charge < -0.3 is 82.0 Å². The molecule has 4 fully saturated rings. The molecule has 6 aliphatic heterocycles. The predicted octanol–water partition coefficient (Wildman–Crippen LogP) is 12.6. The molecule has 6 heterocycles. The molecular formula is C81H119Cl2F9N4O32S3ScSi2. The Kier molecular flexibility index (Phi) is 47.6. The summed E-state index contributed by atoms with van der Waals surface area (Å²) in [6.45, 7) is 26.1. The monoisotopic (exact) mass is 2100 g/mol. The molecule has 4 saturated heterocycles. The summed E-state index contributed by atoms with van der Waals surface area (Å²) in [5, 5.41) is 39.8. The number of hydrogen-bond donors (Lipinski definition) is 8. The Hall–Kier alpha value is -6.94. The number of amides is 4. The number of aliphatic hydroxyl groups is 3. The smallest absolute Gasteiger partial charge is 0.495 e. The molecule has 8 bridgehead atoms. The Morgan fingerprint density at radius 3 is 1.24 bits per heavy atom. The van der Waals surface area contributed by atoms with E-state index in [1.807, 2.05) is 58.0 Å². The summed E-state index contributed by atoms with van der Waals surface area (Å²) in [6.07, 6.45) is 5.74. The van der Waals surface area contributed by atoms with Crippen molar-refractivity contribution in [1.29, 1.82) is 0 Å². The van der Waals surface area contributed by atoms with Crippen molar-refractivity contribution < 1.29 is 215 Å². The van der Waals surface area contributed by atoms with E-state index in [1.54, 1.807) is 58.3 Å². The number of methoxy groups -OCH3 is 4. The molecule has 2 aromatic rings. The molecule has 761 valence electrons. The number of allylic oxidation sites excluding steroid dienone is 6. The Morgan fingerprint density at radius 2 is 0.903 bits per heavy atom. The van der Waals surface area contributed by atoms with E-state index < -0.39 is 170 Å². The number of unbranched alkanes of at least 4 members (excludes halogenated alkanes) is 2. The molecule has 0 saturated carbocycles. The number of alkyl halides is 9. The van der Waals surface area contributed by atoms with Crippen LogP contribution in [0.2, 0.25) is 61.4 Å². The molecule has 6 aliphatic rings. The van der Waals surface area contributed by atoms with Crippen LogP contribution >= 0.6 is 23.2 Å². The third-order valence-electron chi connectivity index (χ3n) is 21.3. The zero-order chi connectivity index (χ0) is 102. The standard InChI is InChI=1S/C39H57ClN2O11Si.C28H37ClN2O8.C11H22O4Si.3CHF3O3S.Sc/c1-24-13-12-14-30(49-6)39(47)23-29(51-37(46)41-39)25(2)36-38(3,53-36)31(52-34(45)16-11-10-15-33(44)50-17-18-54(7,8)9)22-32(43)42(4)27-20-26(19-24)21-28(48-5)35(27)40;1-15-8-7-9-22(37-6)28(35)14-20(38-26(34)30-28)16(2)25-27(3,39-25)21(32)13-23(33)31(4)18-11-17(10-15)12-19(36-5)24(18)29;1-16(2,3)9-8-15-11(13)6-4-5-7-14-10-12;3*2-1(3,4)8(5,6)7;/h12-14,20-21,25,29-31,36,47H,10-11,15-19,22-23H2,1-9H3,(H,41,46);7-9,11-12,16,20-22,25,32,35H,10,13-14H2,1-6H3,(H,30,34);10H,4-9H2,1-3H3;3*(H,5,6,7);/b14-12+,24-13+;9-7+,15-8+;;;;;/t25-,29+,30-,31+,36?,38+,39+;16-,20+,21+,22-,25?,27+,28+;;;;;/m11...../s1. The average molecular weight is 2100 g/mol. The number of esters is 3. The molecule has 2 aromatic carbocycles. The van der Waals surface area contributed by atoms with Crippen LogP contribution in [0.15, 0.2) is 71.9 Å². The largest absolute Gasteiger partial charge is 0.522 e. The van der Waals surface area contributed by atoms with Crippen molar-refractivity contribution in [1.82, 2.24) is 10.6 Å². The van der Waals surface area contributed by atoms with Gasteiger partial charge in [0.25, 0.3) is 6.47 Å². The van der Waals surface area contributed by atoms with E-state index in [9.17, 15) is 93.2 Å². The van der Waals surface area contributed by atoms with Gasteiger partial charge in [0.05, 0.1) is 76.6 Å². The first-order chi connectivity index (χ1) is 60.8. The molecule has 1 radical (unpaired) electrons. The van der Waals surface area contributed by atoms with E-state index in [-0.39, 0.29) is 92.3 Å². The fourth-order valence-electron chi connectivity index (χ4n) is 13.4. The average Bonchev–Trinajstić information content (AvgIpc) is 1.46. The van der Waals surface area contributed by atoms with Crippen LogP contribution in [0, 0.1) is 11.8 Å². The van der Waals surface area contributed by atoms with E-state index in [4.69, 9.17) is 114 Å². The Morgan fingerprint density at radius 1 is 0.567 bits per heavy atom. The molecule has 0 aliphatic carbocycles. The molecule has 0 aromatic heterocycles. The topological polar surface area (TPSA) is 508 Å². The zero-order valence-corrected chi connectivity index (χ0v) is 84.8. The van der Waals surface area contributed by atoms with Gasteiger partial charge in [0.2, 0.25) is 11.8 Å². The number of hydrogen-bond acceptors (Lipinski definition) is 29. The number of benzene rings is 2. The summed E-state index contributed by atoms with van der Waals surface area (Å²) in [6, 6.07) is 9.13. The third kappa shape index (κ3) is 39.0. The van der Waals surface area contributed by atoms with Crippen molar-refractivity contribution >= 4 is 129 Å². The van der Waals surface area contributed by atoms with Crippen LogP contribution in [0.1, 0.15) is 123 Å². The van der Waals surface area contributed by atoms with Crippen LogP contribution in [0.5, 0.6) is 11.5 Å². The summed E-state index contributed by atoms with van der Waals surface area (Å²) in [7, 11) is -10.9. The number of nitrogens with zero attached hydrogens (tertiary/aromatic N) is 2. The van der Waals surface area contributed by atoms with Crippen molar-refractivity contribution in [2.75, 3.05) is 72.2 Å². The molecule has 0 spiro atoms. The molecule has 134 heavy (non-hydrogen) atoms. The number of epoxide rings is 2. The maximum absolute atomic E-state index is 14.1. The molecule has 36 nitrogen and oxygen atoms in total. The summed E-state index contributed by atoms with van der Waals surface area (Å²) < 4.78 is 239. The number of halogens is 11. The number of carbonyl (C=O) groups is 8. The number of alkyl carbamates (subject to hydrolysis) is 2. The second-order valence-corrected chi connectivity index (χ2v) is 50.8. The third-order valence-corrected chi connectivity index (χ3v) is 27.2. The van der Waals surface area contributed by atoms with Crippen LogP contribution in [0.4, 0.5) is 60.5 Å². The Balaban J connectivity index is 0.000000652. The van der Waals surface area contributed by atoms with Gasteiger partial charge in [0.15, 0.2) is 11.4 Å². The summed E-state index contributed by atoms with van der Waals surface area (Å²) in [4.78, 5) is 102. The zero-order valence-electron chi connectivity index (χ0n) is 77.0. The number of aliphatic hydroxyl groups excluding tert-OH is 1. The Labute approximate surface area is 802 Å². The van der Waals surface area contributed by atoms with Crippen molar-refractivity contribution in [3.05, 3.63) is 93.0 Å². The van der Waals surface area contributed by atoms with Crippen molar-refractivity contribution in [3.63, 3.8) is 0 Å². The number of carbonyl (C=O) groups excluding carboxylic acids is 8. The normalized spacial score (nSPS) is 27.1. The van der Waals surface area contributed by atoms with Crippen molar-refractivity contribution in [3.8, 4) is 11.5 Å². The van der Waals surface area contributed by atoms with E-state index in [0.29, 0.717) is 94.1 Å². The minimum Gasteiger partial charge on any atom is -0.495 e. The Bertz CT molecular complexity index is 4730. The fourth-order valence-corrected chi connectivity index (χ4v) is 15.5. The van der Waals surface area contributed by atoms with Gasteiger partial charge in [-0.2, -0.15) is 64.8 Å². The van der Waals surface area contributed by atoms with Gasteiger partial charge in [-0.05, 0) is 114 Å². The minimum absolute atomic E-state index is 0. The van der Waals surface area contributed by atoms with Crippen LogP contribution < -0.4 is 29.9 Å². The van der Waals surface area contributed by atoms with E-state index >= 15 is 0 Å². The molecule has 53 heteroatoms. The SMILES string of the molecule is COc1cc2cc(c1Cl)N(C)C(=O)C[C@H](O)[C@]1(C)OC1[C@H](C)[C@@H]1C[C@@](O)(NC(=O)O1)[C@H](OC)/C=C/C=C(\C)C2.COc1cc2cc(c1Cl)N(C)C(=O)C[C@H](OC(=O)CCCCC(=O)OCC[Si](C)(C)C)[C@]1(C)OC1[C@H](C)[C@@H]1C[C@@](O)(NC(=O)O1)[C@H](OC)/C=C/C=C(\C)C2.C[Si](C)(C)CCOC(=O)CCCCOC=O.O=S(=O)(O)C(F)(F)F.O=S(=O)(O)C(F)(F)F.O=S(=O)(O)C(F)(F)F.[Sc]. The molecule has 8 rings (SSSR count). The number of anilines is 2. The first kappa shape index (κ1) is 123. The number of fused-ring (bicyclic) bond motifs is 10. The van der Waals surface area contributed by atoms with Crippen molar-refractivity contribution in [2.24, 2.45) is 11.8 Å². The number of nitrogens with one attached hydrogen (secondary N) is 2. The maximum atomic E-state index is 14.1. The van der Waals surface area contributed by atoms with Gasteiger partial charge >= 0.3 is 77.0 Å². The molecular weight excluding hydrogens is 1980 g/mol. The molecule has 2 unspecified atom stereocenters. The molecule has 8 N–H and O–H groups in total. The van der Waals surface area contributed by atoms with Gasteiger partial charge in [-0.25, -0.2) is 9.59 Å².